The summed E-state index contributed by atoms with van der Waals surface area (Å²) in [6, 6.07) is 0. The van der Waals surface area contributed by atoms with Gasteiger partial charge in [0.2, 0.25) is 0 Å². The average molecular weight is 1130 g/mol. The third-order valence-corrected chi connectivity index (χ3v) is 7.82. The van der Waals surface area contributed by atoms with E-state index in [1.807, 2.05) is 0 Å². The second kappa shape index (κ2) is 16.0. The fourth-order valence-corrected chi connectivity index (χ4v) is 3.87. The molecule has 0 atom stereocenters. The van der Waals surface area contributed by atoms with Gasteiger partial charge >= 0.3 is 119 Å². The second-order valence-electron chi connectivity index (χ2n) is 12.4. The van der Waals surface area contributed by atoms with Crippen LogP contribution in [-0.2, 0) is 0 Å². The number of rotatable bonds is 17. The number of hydrogen-bond donors (Lipinski definition) is 0. The zero-order valence-corrected chi connectivity index (χ0v) is 28.8. The highest BCUT2D eigenvalue weighted by Gasteiger charge is 2.94. The Morgan fingerprint density at radius 2 is 0.294 bits per heavy atom. The predicted octanol–water partition coefficient (Wildman–Crippen LogP) is 15.3. The van der Waals surface area contributed by atoms with E-state index >= 15 is 17.6 Å². The summed E-state index contributed by atoms with van der Waals surface area (Å²) in [5.41, 5.74) is -14.7. The molecular formula is C24H2F44. The first kappa shape index (κ1) is 64.4. The summed E-state index contributed by atoms with van der Waals surface area (Å²) in [5.74, 6) is -158. The molecule has 0 aromatic heterocycles. The Hall–Kier alpha value is -3.60. The molecule has 0 aliphatic rings. The standard InChI is InChI=1S/C24H2F44/c25-5(26,9(33,34)17(49,50)21(57,58)59)1-3(7(29,30)11(37,38)13(41,42)15(45,46)19(53,54)23(63,64)65)4(2-6(27,28)10(35,36)18(51,52)22(60,61)62)8(31,32)12(39,40)14(43,44)16(47,48)20(55,56)24(66,67)68/h1-2H/b3-1-,4-2-. The molecule has 0 saturated heterocycles. The Bertz CT molecular complexity index is 1740. The van der Waals surface area contributed by atoms with E-state index in [1.165, 1.54) is 0 Å². The van der Waals surface area contributed by atoms with Gasteiger partial charge in [-0.25, -0.2) is 0 Å². The molecule has 0 saturated carbocycles. The van der Waals surface area contributed by atoms with Gasteiger partial charge in [-0.1, -0.05) is 0 Å². The lowest BCUT2D eigenvalue weighted by Crippen LogP contribution is -2.72. The largest absolute Gasteiger partial charge is 0.460 e. The molecule has 0 bridgehead atoms. The van der Waals surface area contributed by atoms with Crippen LogP contribution in [0.5, 0.6) is 0 Å². The van der Waals surface area contributed by atoms with Gasteiger partial charge in [-0.3, -0.25) is 0 Å². The Morgan fingerprint density at radius 1 is 0.162 bits per heavy atom. The van der Waals surface area contributed by atoms with Crippen molar-refractivity contribution in [3.63, 3.8) is 0 Å². The minimum atomic E-state index is -10.5. The molecule has 0 aliphatic heterocycles. The third-order valence-electron chi connectivity index (χ3n) is 7.82. The topological polar surface area (TPSA) is 0 Å². The van der Waals surface area contributed by atoms with Gasteiger partial charge in [0.15, 0.2) is 0 Å². The lowest BCUT2D eigenvalue weighted by atomic mass is 9.80. The van der Waals surface area contributed by atoms with Crippen molar-refractivity contribution in [2.45, 2.75) is 119 Å². The van der Waals surface area contributed by atoms with Crippen molar-refractivity contribution in [1.29, 1.82) is 0 Å². The molecule has 0 amide bonds. The summed E-state index contributed by atoms with van der Waals surface area (Å²) in [7, 11) is 0. The van der Waals surface area contributed by atoms with E-state index in [2.05, 4.69) is 0 Å². The van der Waals surface area contributed by atoms with Gasteiger partial charge in [0.1, 0.15) is 0 Å². The molecule has 0 aliphatic carbocycles. The second-order valence-corrected chi connectivity index (χ2v) is 12.4. The van der Waals surface area contributed by atoms with Crippen LogP contribution in [0.3, 0.4) is 0 Å². The maximum Gasteiger partial charge on any atom is 0.460 e. The summed E-state index contributed by atoms with van der Waals surface area (Å²) in [5, 5.41) is 0. The SMILES string of the molecule is FC(F)(F)C(F)(F)C(F)(F)C(F)(F)/C=C(/C(=C/C(F)(F)C(F)(F)C(F)(F)C(F)(F)F)C(F)(F)C(F)(F)C(F)(F)C(F)(F)C(F)(F)C(F)(F)F)C(F)(F)C(F)(F)C(F)(F)C(F)(F)C(F)(F)C(F)(F)F. The van der Waals surface area contributed by atoms with Gasteiger partial charge < -0.3 is 0 Å². The Balaban J connectivity index is 10.3. The summed E-state index contributed by atoms with van der Waals surface area (Å²) in [4.78, 5) is 0. The molecule has 0 rings (SSSR count). The van der Waals surface area contributed by atoms with Crippen LogP contribution >= 0.6 is 0 Å². The van der Waals surface area contributed by atoms with Crippen LogP contribution < -0.4 is 0 Å². The highest BCUT2D eigenvalue weighted by atomic mass is 19.5. The highest BCUT2D eigenvalue weighted by molar-refractivity contribution is 5.49. The summed E-state index contributed by atoms with van der Waals surface area (Å²) in [6.45, 7) is 0. The maximum absolute atomic E-state index is 15.2. The minimum Gasteiger partial charge on any atom is -0.195 e. The van der Waals surface area contributed by atoms with Gasteiger partial charge in [0, 0.05) is 23.3 Å². The number of alkyl halides is 44. The fraction of sp³-hybridized carbons (Fsp3) is 0.833. The smallest absolute Gasteiger partial charge is 0.195 e. The molecule has 0 radical (unpaired) electrons. The van der Waals surface area contributed by atoms with Crippen molar-refractivity contribution in [2.75, 3.05) is 0 Å². The third kappa shape index (κ3) is 8.50. The average Bonchev–Trinajstić information content (AvgIpc) is 3.06. The maximum atomic E-state index is 15.2. The first-order valence-corrected chi connectivity index (χ1v) is 14.2. The lowest BCUT2D eigenvalue weighted by Gasteiger charge is -2.43. The first-order chi connectivity index (χ1) is 28.4. The summed E-state index contributed by atoms with van der Waals surface area (Å²) >= 11 is 0. The molecule has 0 spiro atoms. The summed E-state index contributed by atoms with van der Waals surface area (Å²) < 4.78 is 602. The van der Waals surface area contributed by atoms with Crippen LogP contribution in [0.15, 0.2) is 23.3 Å². The minimum absolute atomic E-state index is 4.96. The van der Waals surface area contributed by atoms with Gasteiger partial charge in [-0.15, -0.1) is 0 Å². The number of hydrogen-bond acceptors (Lipinski definition) is 0. The Kier molecular flexibility index (Phi) is 15.1. The molecule has 0 fully saturated rings. The van der Waals surface area contributed by atoms with Crippen molar-refractivity contribution in [1.82, 2.24) is 0 Å². The molecule has 406 valence electrons. The monoisotopic (exact) mass is 1130 g/mol. The first-order valence-electron chi connectivity index (χ1n) is 14.2. The molecule has 0 N–H and O–H groups in total. The van der Waals surface area contributed by atoms with E-state index in [0.717, 1.165) is 0 Å². The Labute approximate surface area is 337 Å². The molecule has 0 unspecified atom stereocenters. The van der Waals surface area contributed by atoms with Crippen LogP contribution in [0.4, 0.5) is 193 Å². The zero-order chi connectivity index (χ0) is 56.6. The van der Waals surface area contributed by atoms with Crippen LogP contribution in [0.1, 0.15) is 0 Å². The van der Waals surface area contributed by atoms with Crippen LogP contribution in [-0.4, -0.2) is 119 Å². The van der Waals surface area contributed by atoms with Crippen molar-refractivity contribution in [3.8, 4) is 0 Å². The summed E-state index contributed by atoms with van der Waals surface area (Å²) in [6.07, 6.45) is -45.0. The molecule has 0 aromatic rings. The van der Waals surface area contributed by atoms with Gasteiger partial charge in [0.05, 0.1) is 0 Å². The zero-order valence-electron chi connectivity index (χ0n) is 28.8. The van der Waals surface area contributed by atoms with E-state index in [4.69, 9.17) is 0 Å². The van der Waals surface area contributed by atoms with E-state index < -0.39 is 143 Å². The van der Waals surface area contributed by atoms with Crippen molar-refractivity contribution in [3.05, 3.63) is 23.3 Å². The van der Waals surface area contributed by atoms with Crippen molar-refractivity contribution >= 4 is 0 Å². The predicted molar refractivity (Wildman–Crippen MR) is 120 cm³/mol. The normalized spacial score (nSPS) is 17.6. The van der Waals surface area contributed by atoms with Crippen LogP contribution in [0.2, 0.25) is 0 Å². The van der Waals surface area contributed by atoms with Crippen molar-refractivity contribution in [2.24, 2.45) is 0 Å². The van der Waals surface area contributed by atoms with Gasteiger partial charge in [-0.05, 0) is 0 Å². The van der Waals surface area contributed by atoms with E-state index in [1.54, 1.807) is 0 Å². The molecule has 0 heterocycles. The van der Waals surface area contributed by atoms with E-state index in [9.17, 15) is 176 Å². The van der Waals surface area contributed by atoms with Crippen molar-refractivity contribution < 1.29 is 193 Å². The van der Waals surface area contributed by atoms with Gasteiger partial charge in [-0.2, -0.15) is 193 Å². The lowest BCUT2D eigenvalue weighted by molar-refractivity contribution is -0.439. The van der Waals surface area contributed by atoms with Crippen LogP contribution in [0, 0.1) is 0 Å². The number of allylic oxidation sites excluding steroid dienone is 4. The van der Waals surface area contributed by atoms with E-state index in [0.29, 0.717) is 0 Å². The fourth-order valence-electron chi connectivity index (χ4n) is 3.87. The molecule has 0 nitrogen and oxygen atoms in total. The molecule has 0 aromatic carbocycles. The molecular weight excluding hydrogens is 1120 g/mol. The van der Waals surface area contributed by atoms with Gasteiger partial charge in [0.25, 0.3) is 0 Å². The number of halogens is 44. The highest BCUT2D eigenvalue weighted by Crippen LogP contribution is 2.67. The Morgan fingerprint density at radius 3 is 0.441 bits per heavy atom. The molecule has 68 heavy (non-hydrogen) atoms. The van der Waals surface area contributed by atoms with Crippen LogP contribution in [0.25, 0.3) is 0 Å². The quantitative estimate of drug-likeness (QED) is 0.101. The van der Waals surface area contributed by atoms with E-state index in [-0.39, 0.29) is 0 Å². The molecule has 44 heteroatoms.